The number of ether oxygens (including phenoxy) is 1. The molecule has 0 bridgehead atoms. The first-order valence-corrected chi connectivity index (χ1v) is 5.91. The zero-order chi connectivity index (χ0) is 14.5. The van der Waals surface area contributed by atoms with Gasteiger partial charge >= 0.3 is 0 Å². The van der Waals surface area contributed by atoms with Gasteiger partial charge in [0.15, 0.2) is 10.8 Å². The van der Waals surface area contributed by atoms with Crippen molar-refractivity contribution in [3.05, 3.63) is 29.8 Å². The number of hydrogen-bond acceptors (Lipinski definition) is 5. The maximum absolute atomic E-state index is 11.9. The second-order valence-electron chi connectivity index (χ2n) is 4.83. The van der Waals surface area contributed by atoms with E-state index >= 15 is 0 Å². The number of methoxy groups -OCH3 is 1. The van der Waals surface area contributed by atoms with Crippen molar-refractivity contribution >= 4 is 11.8 Å². The summed E-state index contributed by atoms with van der Waals surface area (Å²) < 4.78 is 5.09. The summed E-state index contributed by atoms with van der Waals surface area (Å²) in [6, 6.07) is 10.5. The highest BCUT2D eigenvalue weighted by molar-refractivity contribution is 6.19. The maximum atomic E-state index is 11.9. The van der Waals surface area contributed by atoms with Crippen LogP contribution in [0.4, 0.5) is 0 Å². The zero-order valence-corrected chi connectivity index (χ0v) is 10.5. The Kier molecular flexibility index (Phi) is 2.18. The van der Waals surface area contributed by atoms with Crippen molar-refractivity contribution in [2.24, 2.45) is 10.8 Å². The molecule has 1 saturated heterocycles. The lowest BCUT2D eigenvalue weighted by atomic mass is 9.98. The van der Waals surface area contributed by atoms with Crippen molar-refractivity contribution < 1.29 is 14.3 Å². The predicted octanol–water partition coefficient (Wildman–Crippen LogP) is 0.469. The van der Waals surface area contributed by atoms with Gasteiger partial charge in [-0.05, 0) is 17.7 Å². The summed E-state index contributed by atoms with van der Waals surface area (Å²) in [6.45, 7) is 0. The van der Waals surface area contributed by atoms with Crippen molar-refractivity contribution in [2.75, 3.05) is 7.11 Å². The molecule has 6 nitrogen and oxygen atoms in total. The fourth-order valence-corrected chi connectivity index (χ4v) is 3.12. The fourth-order valence-electron chi connectivity index (χ4n) is 3.12. The minimum Gasteiger partial charge on any atom is -0.497 e. The number of carbonyl (C=O) groups excluding carboxylic acids is 2. The second kappa shape index (κ2) is 3.58. The van der Waals surface area contributed by atoms with Gasteiger partial charge < -0.3 is 4.74 Å². The van der Waals surface area contributed by atoms with Gasteiger partial charge in [0.1, 0.15) is 5.75 Å². The molecular weight excluding hydrogens is 258 g/mol. The van der Waals surface area contributed by atoms with E-state index in [1.165, 1.54) is 7.11 Å². The molecule has 20 heavy (non-hydrogen) atoms. The number of benzene rings is 1. The molecule has 2 fully saturated rings. The van der Waals surface area contributed by atoms with Gasteiger partial charge in [-0.25, -0.2) is 0 Å². The molecule has 0 spiro atoms. The van der Waals surface area contributed by atoms with Gasteiger partial charge in [0.2, 0.25) is 11.8 Å². The monoisotopic (exact) mass is 267 g/mol. The van der Waals surface area contributed by atoms with Crippen LogP contribution in [0.3, 0.4) is 0 Å². The van der Waals surface area contributed by atoms with Gasteiger partial charge in [-0.3, -0.25) is 14.9 Å². The predicted molar refractivity (Wildman–Crippen MR) is 65.0 cm³/mol. The summed E-state index contributed by atoms with van der Waals surface area (Å²) >= 11 is 0. The highest BCUT2D eigenvalue weighted by atomic mass is 16.5. The quantitative estimate of drug-likeness (QED) is 0.784. The van der Waals surface area contributed by atoms with Crippen LogP contribution in [0.25, 0.3) is 0 Å². The van der Waals surface area contributed by atoms with E-state index < -0.39 is 28.6 Å². The molecule has 2 amide bonds. The smallest absolute Gasteiger partial charge is 0.250 e. The molecule has 1 aliphatic carbocycles. The number of fused-ring (bicyclic) bond motifs is 1. The number of nitrogens with one attached hydrogen (secondary N) is 1. The normalized spacial score (nSPS) is 33.6. The van der Waals surface area contributed by atoms with Crippen molar-refractivity contribution in [1.29, 1.82) is 10.5 Å². The van der Waals surface area contributed by atoms with Gasteiger partial charge in [0, 0.05) is 5.92 Å². The van der Waals surface area contributed by atoms with Gasteiger partial charge in [-0.1, -0.05) is 12.1 Å². The number of piperidine rings is 1. The Morgan fingerprint density at radius 2 is 1.80 bits per heavy atom. The summed E-state index contributed by atoms with van der Waals surface area (Å²) in [5.74, 6) is -1.60. The van der Waals surface area contributed by atoms with Crippen LogP contribution in [0.2, 0.25) is 0 Å². The Morgan fingerprint density at radius 3 is 2.30 bits per heavy atom. The average Bonchev–Trinajstić information content (AvgIpc) is 3.05. The lowest BCUT2D eigenvalue weighted by molar-refractivity contribution is -0.128. The minimum absolute atomic E-state index is 0.543. The van der Waals surface area contributed by atoms with E-state index in [2.05, 4.69) is 5.32 Å². The third-order valence-corrected chi connectivity index (χ3v) is 4.13. The van der Waals surface area contributed by atoms with E-state index in [4.69, 9.17) is 4.74 Å². The molecule has 2 unspecified atom stereocenters. The van der Waals surface area contributed by atoms with Gasteiger partial charge in [-0.15, -0.1) is 0 Å². The average molecular weight is 267 g/mol. The first-order chi connectivity index (χ1) is 9.58. The number of nitrogens with zero attached hydrogens (tertiary/aromatic N) is 2. The molecule has 1 N–H and O–H groups in total. The number of hydrogen-bond donors (Lipinski definition) is 1. The highest BCUT2D eigenvalue weighted by Gasteiger charge is 2.90. The molecule has 1 aromatic rings. The van der Waals surface area contributed by atoms with E-state index in [-0.39, 0.29) is 0 Å². The van der Waals surface area contributed by atoms with E-state index in [1.54, 1.807) is 24.3 Å². The summed E-state index contributed by atoms with van der Waals surface area (Å²) in [5.41, 5.74) is -2.66. The van der Waals surface area contributed by atoms with Gasteiger partial charge in [0.25, 0.3) is 0 Å². The molecule has 2 aliphatic rings. The lowest BCUT2D eigenvalue weighted by Crippen LogP contribution is -2.31. The molecule has 2 atom stereocenters. The van der Waals surface area contributed by atoms with Crippen LogP contribution in [-0.2, 0) is 9.59 Å². The minimum atomic E-state index is -1.62. The molecule has 0 aromatic heterocycles. The fraction of sp³-hybridized carbons (Fsp3) is 0.286. The summed E-state index contributed by atoms with van der Waals surface area (Å²) in [4.78, 5) is 23.9. The number of rotatable bonds is 2. The van der Waals surface area contributed by atoms with Crippen LogP contribution in [0.1, 0.15) is 11.5 Å². The molecule has 3 rings (SSSR count). The molecule has 1 saturated carbocycles. The third kappa shape index (κ3) is 1.03. The Morgan fingerprint density at radius 1 is 1.20 bits per heavy atom. The first kappa shape index (κ1) is 12.2. The van der Waals surface area contributed by atoms with Crippen LogP contribution in [0.5, 0.6) is 5.75 Å². The van der Waals surface area contributed by atoms with E-state index in [1.807, 2.05) is 12.1 Å². The van der Waals surface area contributed by atoms with Crippen molar-refractivity contribution in [1.82, 2.24) is 5.32 Å². The van der Waals surface area contributed by atoms with Crippen molar-refractivity contribution in [3.8, 4) is 17.9 Å². The number of nitriles is 2. The topological polar surface area (TPSA) is 103 Å². The molecule has 1 aromatic carbocycles. The van der Waals surface area contributed by atoms with Crippen LogP contribution >= 0.6 is 0 Å². The van der Waals surface area contributed by atoms with Gasteiger partial charge in [0.05, 0.1) is 19.2 Å². The van der Waals surface area contributed by atoms with E-state index in [9.17, 15) is 20.1 Å². The van der Waals surface area contributed by atoms with Crippen LogP contribution in [0, 0.1) is 33.5 Å². The first-order valence-electron chi connectivity index (χ1n) is 5.91. The molecule has 98 valence electrons. The summed E-state index contributed by atoms with van der Waals surface area (Å²) in [6.07, 6.45) is 0. The Hall–Kier alpha value is -2.86. The Labute approximate surface area is 114 Å². The Balaban J connectivity index is 2.17. The summed E-state index contributed by atoms with van der Waals surface area (Å²) in [7, 11) is 1.49. The van der Waals surface area contributed by atoms with Crippen LogP contribution < -0.4 is 10.1 Å². The molecular formula is C14H9N3O3. The molecule has 1 heterocycles. The number of carbonyl (C=O) groups is 2. The van der Waals surface area contributed by atoms with E-state index in [0.29, 0.717) is 11.3 Å². The van der Waals surface area contributed by atoms with Crippen LogP contribution in [0.15, 0.2) is 24.3 Å². The third-order valence-electron chi connectivity index (χ3n) is 4.13. The Bertz CT molecular complexity index is 692. The largest absolute Gasteiger partial charge is 0.497 e. The summed E-state index contributed by atoms with van der Waals surface area (Å²) in [5, 5.41) is 20.8. The molecule has 1 aliphatic heterocycles. The number of amides is 2. The number of imide groups is 1. The molecule has 6 heteroatoms. The maximum Gasteiger partial charge on any atom is 0.250 e. The van der Waals surface area contributed by atoms with Crippen molar-refractivity contribution in [2.45, 2.75) is 5.92 Å². The van der Waals surface area contributed by atoms with Gasteiger partial charge in [-0.2, -0.15) is 10.5 Å². The lowest BCUT2D eigenvalue weighted by Gasteiger charge is -2.08. The second-order valence-corrected chi connectivity index (χ2v) is 4.83. The van der Waals surface area contributed by atoms with Crippen molar-refractivity contribution in [3.63, 3.8) is 0 Å². The highest BCUT2D eigenvalue weighted by Crippen LogP contribution is 2.76. The standard InChI is InChI=1S/C14H9N3O3/c1-20-9-4-2-3-8(5-9)10-13(6-15)11(18)17-12(19)14(10,13)7-16/h2-5,10H,1H3,(H,17,18,19). The SMILES string of the molecule is COc1cccc(C2C3(C#N)C(=O)NC(=O)C23C#N)c1. The molecule has 0 radical (unpaired) electrons. The van der Waals surface area contributed by atoms with E-state index in [0.717, 1.165) is 0 Å². The zero-order valence-electron chi connectivity index (χ0n) is 10.5. The van der Waals surface area contributed by atoms with Crippen LogP contribution in [-0.4, -0.2) is 18.9 Å².